The number of alkyl halides is 2. The molecule has 120 valence electrons. The van der Waals surface area contributed by atoms with E-state index in [1.54, 1.807) is 26.0 Å². The summed E-state index contributed by atoms with van der Waals surface area (Å²) in [5, 5.41) is 1.43. The summed E-state index contributed by atoms with van der Waals surface area (Å²) in [5.41, 5.74) is 0.950. The second-order valence-electron chi connectivity index (χ2n) is 5.07. The van der Waals surface area contributed by atoms with Crippen molar-refractivity contribution in [1.29, 1.82) is 0 Å². The van der Waals surface area contributed by atoms with Gasteiger partial charge in [0, 0.05) is 21.2 Å². The number of halogens is 8. The topological polar surface area (TPSA) is 0 Å². The quantitative estimate of drug-likeness (QED) is 0.323. The van der Waals surface area contributed by atoms with Crippen LogP contribution >= 0.6 is 92.8 Å². The predicted octanol–water partition coefficient (Wildman–Crippen LogP) is 7.93. The summed E-state index contributed by atoms with van der Waals surface area (Å²) in [6.45, 7) is 3.28. The van der Waals surface area contributed by atoms with Crippen LogP contribution in [0.5, 0.6) is 0 Å². The first-order chi connectivity index (χ1) is 9.92. The zero-order valence-corrected chi connectivity index (χ0v) is 17.2. The summed E-state index contributed by atoms with van der Waals surface area (Å²) in [4.78, 5) is -2.18. The molecule has 2 unspecified atom stereocenters. The summed E-state index contributed by atoms with van der Waals surface area (Å²) in [6.07, 6.45) is 3.17. The molecule has 0 nitrogen and oxygen atoms in total. The lowest BCUT2D eigenvalue weighted by atomic mass is 9.92. The zero-order valence-electron chi connectivity index (χ0n) is 11.2. The Morgan fingerprint density at radius 1 is 0.636 bits per heavy atom. The van der Waals surface area contributed by atoms with Crippen LogP contribution in [0.4, 0.5) is 0 Å². The smallest absolute Gasteiger partial charge is 0.107 e. The summed E-state index contributed by atoms with van der Waals surface area (Å²) in [7, 11) is 0. The van der Waals surface area contributed by atoms with Crippen LogP contribution in [0, 0.1) is 0 Å². The minimum atomic E-state index is -1.09. The van der Waals surface area contributed by atoms with E-state index >= 15 is 0 Å². The van der Waals surface area contributed by atoms with Crippen molar-refractivity contribution < 1.29 is 0 Å². The molecule has 0 amide bonds. The number of hydrogen-bond donors (Lipinski definition) is 0. The van der Waals surface area contributed by atoms with Gasteiger partial charge in [0.2, 0.25) is 0 Å². The molecule has 2 rings (SSSR count). The number of hydrogen-bond acceptors (Lipinski definition) is 0. The molecule has 0 fully saturated rings. The maximum Gasteiger partial charge on any atom is 0.114 e. The standard InChI is InChI=1S/C14H8Cl8/c1-13(21)7(15)3-5(9(17)11(13)19)6-4-8(16)14(2,22)12(20)10(6)18/h3-4H,1-2H3/b6-5+. The zero-order chi connectivity index (χ0) is 17.0. The van der Waals surface area contributed by atoms with Crippen molar-refractivity contribution in [3.05, 3.63) is 53.5 Å². The van der Waals surface area contributed by atoms with Crippen LogP contribution in [-0.2, 0) is 0 Å². The van der Waals surface area contributed by atoms with Crippen molar-refractivity contribution in [3.8, 4) is 0 Å². The van der Waals surface area contributed by atoms with E-state index < -0.39 is 9.75 Å². The molecule has 0 heterocycles. The molecule has 0 saturated heterocycles. The van der Waals surface area contributed by atoms with Gasteiger partial charge in [-0.1, -0.05) is 69.6 Å². The van der Waals surface area contributed by atoms with Crippen molar-refractivity contribution in [2.75, 3.05) is 0 Å². The van der Waals surface area contributed by atoms with Crippen LogP contribution in [-0.4, -0.2) is 9.75 Å². The van der Waals surface area contributed by atoms with Gasteiger partial charge in [-0.05, 0) is 26.0 Å². The fourth-order valence-corrected chi connectivity index (χ4v) is 3.90. The third kappa shape index (κ3) is 3.00. The van der Waals surface area contributed by atoms with Crippen molar-refractivity contribution >= 4 is 92.8 Å². The van der Waals surface area contributed by atoms with Gasteiger partial charge in [-0.25, -0.2) is 0 Å². The fraction of sp³-hybridized carbons (Fsp3) is 0.286. The highest BCUT2D eigenvalue weighted by Gasteiger charge is 2.39. The van der Waals surface area contributed by atoms with Crippen LogP contribution < -0.4 is 0 Å². The first-order valence-electron chi connectivity index (χ1n) is 5.92. The van der Waals surface area contributed by atoms with Crippen molar-refractivity contribution in [2.45, 2.75) is 23.6 Å². The predicted molar refractivity (Wildman–Crippen MR) is 101 cm³/mol. The SMILES string of the molecule is CC1(Cl)C(Cl)=C/C(=C2/C=C(Cl)C(C)(Cl)C(Cl)=C2Cl)C(Cl)=C1Cl. The molecule has 0 bridgehead atoms. The lowest BCUT2D eigenvalue weighted by molar-refractivity contribution is 0.919. The summed E-state index contributed by atoms with van der Waals surface area (Å²) in [5.74, 6) is 0. The van der Waals surface area contributed by atoms with E-state index in [1.807, 2.05) is 0 Å². The summed E-state index contributed by atoms with van der Waals surface area (Å²) >= 11 is 50.1. The normalized spacial score (nSPS) is 36.6. The molecule has 0 aromatic rings. The number of rotatable bonds is 0. The van der Waals surface area contributed by atoms with Gasteiger partial charge in [-0.3, -0.25) is 0 Å². The van der Waals surface area contributed by atoms with E-state index in [0.717, 1.165) is 0 Å². The first-order valence-corrected chi connectivity index (χ1v) is 8.94. The minimum Gasteiger partial charge on any atom is -0.107 e. The molecule has 2 atom stereocenters. The lowest BCUT2D eigenvalue weighted by Crippen LogP contribution is -2.24. The Morgan fingerprint density at radius 3 is 1.18 bits per heavy atom. The van der Waals surface area contributed by atoms with Gasteiger partial charge >= 0.3 is 0 Å². The average molecular weight is 460 g/mol. The van der Waals surface area contributed by atoms with E-state index in [4.69, 9.17) is 92.8 Å². The average Bonchev–Trinajstić information content (AvgIpc) is 2.44. The summed E-state index contributed by atoms with van der Waals surface area (Å²) < 4.78 is 0. The molecule has 8 heteroatoms. The Bertz CT molecular complexity index is 640. The molecule has 2 aliphatic carbocycles. The Hall–Kier alpha value is 1.02. The van der Waals surface area contributed by atoms with Crippen LogP contribution in [0.2, 0.25) is 0 Å². The second kappa shape index (κ2) is 6.39. The van der Waals surface area contributed by atoms with E-state index in [0.29, 0.717) is 21.2 Å². The van der Waals surface area contributed by atoms with Crippen LogP contribution in [0.3, 0.4) is 0 Å². The third-order valence-corrected chi connectivity index (χ3v) is 7.67. The van der Waals surface area contributed by atoms with Crippen LogP contribution in [0.15, 0.2) is 53.5 Å². The highest BCUT2D eigenvalue weighted by molar-refractivity contribution is 6.53. The minimum absolute atomic E-state index is 0.190. The first kappa shape index (κ1) is 19.3. The third-order valence-electron chi connectivity index (χ3n) is 3.41. The lowest BCUT2D eigenvalue weighted by Gasteiger charge is -2.31. The van der Waals surface area contributed by atoms with Gasteiger partial charge in [0.15, 0.2) is 0 Å². The van der Waals surface area contributed by atoms with Gasteiger partial charge < -0.3 is 0 Å². The van der Waals surface area contributed by atoms with E-state index in [-0.39, 0.29) is 20.1 Å². The van der Waals surface area contributed by atoms with Gasteiger partial charge in [-0.2, -0.15) is 0 Å². The highest BCUT2D eigenvalue weighted by atomic mass is 35.5. The summed E-state index contributed by atoms with van der Waals surface area (Å²) in [6, 6.07) is 0. The molecule has 0 aliphatic heterocycles. The Balaban J connectivity index is 2.77. The van der Waals surface area contributed by atoms with Crippen molar-refractivity contribution in [3.63, 3.8) is 0 Å². The van der Waals surface area contributed by atoms with Gasteiger partial charge in [0.05, 0.1) is 20.1 Å². The monoisotopic (exact) mass is 456 g/mol. The van der Waals surface area contributed by atoms with Gasteiger partial charge in [0.25, 0.3) is 0 Å². The second-order valence-corrected chi connectivity index (χ2v) is 8.91. The molecular weight excluding hydrogens is 452 g/mol. The maximum atomic E-state index is 6.32. The van der Waals surface area contributed by atoms with Gasteiger partial charge in [-0.15, -0.1) is 23.2 Å². The Kier molecular flexibility index (Phi) is 5.62. The van der Waals surface area contributed by atoms with Gasteiger partial charge in [0.1, 0.15) is 9.75 Å². The highest BCUT2D eigenvalue weighted by Crippen LogP contribution is 2.51. The molecule has 0 radical (unpaired) electrons. The molecule has 0 N–H and O–H groups in total. The molecule has 0 saturated carbocycles. The van der Waals surface area contributed by atoms with Crippen molar-refractivity contribution in [1.82, 2.24) is 0 Å². The molecule has 2 aliphatic rings. The molecule has 0 aromatic heterocycles. The fourth-order valence-electron chi connectivity index (χ4n) is 1.90. The number of allylic oxidation sites excluding steroid dienone is 10. The molecule has 0 aromatic carbocycles. The van der Waals surface area contributed by atoms with E-state index in [1.165, 1.54) is 0 Å². The van der Waals surface area contributed by atoms with E-state index in [9.17, 15) is 0 Å². The van der Waals surface area contributed by atoms with Crippen LogP contribution in [0.25, 0.3) is 0 Å². The molecular formula is C14H8Cl8. The molecule has 0 spiro atoms. The Labute approximate surface area is 168 Å². The maximum absolute atomic E-state index is 6.32. The van der Waals surface area contributed by atoms with E-state index in [2.05, 4.69) is 0 Å². The van der Waals surface area contributed by atoms with Crippen LogP contribution in [0.1, 0.15) is 13.8 Å². The Morgan fingerprint density at radius 2 is 0.909 bits per heavy atom. The largest absolute Gasteiger partial charge is 0.114 e. The van der Waals surface area contributed by atoms with Crippen molar-refractivity contribution in [2.24, 2.45) is 0 Å². The molecule has 22 heavy (non-hydrogen) atoms.